The van der Waals surface area contributed by atoms with Crippen molar-refractivity contribution in [2.75, 3.05) is 0 Å². The number of rotatable bonds is 15. The second-order valence-corrected chi connectivity index (χ2v) is 27.7. The van der Waals surface area contributed by atoms with E-state index in [0.29, 0.717) is 23.7 Å². The van der Waals surface area contributed by atoms with Gasteiger partial charge in [0.2, 0.25) is 0 Å². The summed E-state index contributed by atoms with van der Waals surface area (Å²) in [5, 5.41) is 12.0. The fourth-order valence-corrected chi connectivity index (χ4v) is 13.5. The molecular weight excluding hydrogens is 955 g/mol. The van der Waals surface area contributed by atoms with Gasteiger partial charge in [0.25, 0.3) is 0 Å². The molecule has 390 valence electrons. The molecule has 3 aromatic rings. The van der Waals surface area contributed by atoms with Crippen molar-refractivity contribution in [3.63, 3.8) is 0 Å². The first-order valence-electron chi connectivity index (χ1n) is 26.3. The Kier molecular flexibility index (Phi) is 17.1. The highest BCUT2D eigenvalue weighted by Crippen LogP contribution is 2.52. The molecule has 0 aliphatic heterocycles. The normalized spacial score (nSPS) is 24.7. The first-order chi connectivity index (χ1) is 33.4. The van der Waals surface area contributed by atoms with Gasteiger partial charge in [0.1, 0.15) is 14.7 Å². The van der Waals surface area contributed by atoms with E-state index in [1.807, 2.05) is 36.4 Å². The number of oxime groups is 3. The highest BCUT2D eigenvalue weighted by atomic mass is 32.2. The Hall–Kier alpha value is -4.08. The van der Waals surface area contributed by atoms with Crippen LogP contribution in [0.5, 0.6) is 0 Å². The summed E-state index contributed by atoms with van der Waals surface area (Å²) >= 11 is 0. The molecule has 0 amide bonds. The maximum Gasteiger partial charge on any atom is 0.358 e. The Morgan fingerprint density at radius 3 is 1.17 bits per heavy atom. The molecule has 15 heteroatoms. The summed E-state index contributed by atoms with van der Waals surface area (Å²) in [5.41, 5.74) is 6.25. The maximum absolute atomic E-state index is 12.6. The lowest BCUT2D eigenvalue weighted by Crippen LogP contribution is -2.45. The average molecular weight is 1030 g/mol. The van der Waals surface area contributed by atoms with Crippen LogP contribution in [0.1, 0.15) is 188 Å². The van der Waals surface area contributed by atoms with Gasteiger partial charge < -0.3 is 0 Å². The molecule has 2 atom stereocenters. The minimum Gasteiger partial charge on any atom is -0.265 e. The van der Waals surface area contributed by atoms with Crippen molar-refractivity contribution < 1.29 is 38.1 Å². The molecule has 7 aliphatic carbocycles. The fourth-order valence-electron chi connectivity index (χ4n) is 11.3. The fraction of sp³-hybridized carbons (Fsp3) is 0.625. The average Bonchev–Trinajstić information content (AvgIpc) is 4.00. The quantitative estimate of drug-likeness (QED) is 0.135. The van der Waals surface area contributed by atoms with Gasteiger partial charge in [-0.3, -0.25) is 12.9 Å². The van der Waals surface area contributed by atoms with Crippen molar-refractivity contribution in [1.82, 2.24) is 0 Å². The highest BCUT2D eigenvalue weighted by molar-refractivity contribution is 7.87. The van der Waals surface area contributed by atoms with Crippen LogP contribution in [0.15, 0.2) is 103 Å². The molecule has 0 radical (unpaired) electrons. The number of hydrogen-bond acceptors (Lipinski definition) is 12. The molecule has 0 N–H and O–H groups in total. The van der Waals surface area contributed by atoms with Crippen LogP contribution in [-0.4, -0.2) is 42.4 Å². The van der Waals surface area contributed by atoms with Crippen LogP contribution in [0, 0.1) is 35.5 Å². The van der Waals surface area contributed by atoms with Gasteiger partial charge in [-0.2, -0.15) is 25.3 Å². The zero-order chi connectivity index (χ0) is 51.4. The largest absolute Gasteiger partial charge is 0.358 e. The van der Waals surface area contributed by atoms with Crippen molar-refractivity contribution >= 4 is 47.5 Å². The molecule has 6 bridgehead atoms. The van der Waals surface area contributed by atoms with E-state index in [1.54, 1.807) is 36.4 Å². The van der Waals surface area contributed by atoms with E-state index in [4.69, 9.17) is 12.9 Å². The van der Waals surface area contributed by atoms with E-state index < -0.39 is 30.4 Å². The summed E-state index contributed by atoms with van der Waals surface area (Å²) in [6.45, 7) is 19.3. The zero-order valence-corrected chi connectivity index (χ0v) is 46.1. The van der Waals surface area contributed by atoms with E-state index in [9.17, 15) is 25.3 Å². The molecule has 10 rings (SSSR count). The van der Waals surface area contributed by atoms with Crippen LogP contribution in [-0.2, 0) is 59.5 Å². The second kappa shape index (κ2) is 22.2. The van der Waals surface area contributed by atoms with Gasteiger partial charge in [-0.25, -0.2) is 0 Å². The monoisotopic (exact) mass is 1030 g/mol. The lowest BCUT2D eigenvalue weighted by molar-refractivity contribution is 0.104. The van der Waals surface area contributed by atoms with Crippen LogP contribution in [0.3, 0.4) is 0 Å². The lowest BCUT2D eigenvalue weighted by Gasteiger charge is -2.49. The highest BCUT2D eigenvalue weighted by Gasteiger charge is 2.47. The van der Waals surface area contributed by atoms with Crippen LogP contribution < -0.4 is 0 Å². The predicted octanol–water partition coefficient (Wildman–Crippen LogP) is 13.5. The predicted molar refractivity (Wildman–Crippen MR) is 282 cm³/mol. The van der Waals surface area contributed by atoms with E-state index in [2.05, 4.69) is 77.8 Å². The third-order valence-electron chi connectivity index (χ3n) is 17.1. The lowest BCUT2D eigenvalue weighted by atomic mass is 9.55. The Bertz CT molecular complexity index is 2710. The summed E-state index contributed by atoms with van der Waals surface area (Å²) in [6, 6.07) is 20.9. The molecule has 0 saturated heterocycles. The molecule has 3 aromatic carbocycles. The molecule has 12 nitrogen and oxygen atoms in total. The second-order valence-electron chi connectivity index (χ2n) is 23.1. The molecule has 71 heavy (non-hydrogen) atoms. The van der Waals surface area contributed by atoms with Crippen molar-refractivity contribution in [3.8, 4) is 0 Å². The number of fused-ring (bicyclic) bond motifs is 2. The molecular formula is C56H79N3O9S3. The number of hydrogen-bond donors (Lipinski definition) is 0. The van der Waals surface area contributed by atoms with Crippen LogP contribution in [0.25, 0.3) is 0 Å². The zero-order valence-electron chi connectivity index (χ0n) is 43.7. The molecule has 0 spiro atoms. The Morgan fingerprint density at radius 2 is 0.817 bits per heavy atom. The van der Waals surface area contributed by atoms with E-state index in [0.717, 1.165) is 136 Å². The Balaban J connectivity index is 0.000000157. The maximum atomic E-state index is 12.6. The summed E-state index contributed by atoms with van der Waals surface area (Å²) in [4.78, 5) is 0.505. The van der Waals surface area contributed by atoms with Crippen LogP contribution >= 0.6 is 0 Å². The summed E-state index contributed by atoms with van der Waals surface area (Å²) in [6.07, 6.45) is 18.3. The molecule has 0 heterocycles. The van der Waals surface area contributed by atoms with E-state index >= 15 is 0 Å². The Morgan fingerprint density at radius 1 is 0.451 bits per heavy atom. The Labute approximate surface area is 426 Å². The summed E-state index contributed by atoms with van der Waals surface area (Å²) < 4.78 is 89.1. The first-order valence-corrected chi connectivity index (χ1v) is 30.5. The van der Waals surface area contributed by atoms with E-state index in [1.165, 1.54) is 19.3 Å². The van der Waals surface area contributed by atoms with Gasteiger partial charge in [-0.05, 0) is 190 Å². The van der Waals surface area contributed by atoms with Crippen molar-refractivity contribution in [1.29, 1.82) is 0 Å². The molecule has 7 fully saturated rings. The summed E-state index contributed by atoms with van der Waals surface area (Å²) in [7, 11) is -11.5. The third kappa shape index (κ3) is 13.4. The van der Waals surface area contributed by atoms with Gasteiger partial charge in [0, 0.05) is 17.8 Å². The minimum atomic E-state index is -3.85. The molecule has 7 aliphatic rings. The van der Waals surface area contributed by atoms with Crippen molar-refractivity contribution in [2.45, 2.75) is 202 Å². The van der Waals surface area contributed by atoms with Gasteiger partial charge in [-0.15, -0.1) is 0 Å². The van der Waals surface area contributed by atoms with Gasteiger partial charge in [-0.1, -0.05) is 121 Å². The van der Waals surface area contributed by atoms with Gasteiger partial charge in [0.05, 0.1) is 17.1 Å². The number of benzene rings is 3. The van der Waals surface area contributed by atoms with Gasteiger partial charge in [0.15, 0.2) is 0 Å². The van der Waals surface area contributed by atoms with Crippen molar-refractivity contribution in [2.24, 2.45) is 51.0 Å². The topological polar surface area (TPSA) is 167 Å². The molecule has 7 saturated carbocycles. The third-order valence-corrected chi connectivity index (χ3v) is 20.5. The molecule has 2 unspecified atom stereocenters. The standard InChI is InChI=1S/C21H29NO3S.C18H25NO3S.C17H25NO3S/c1-4-21(2,3)18-5-7-19(8-6-18)26(23,24)25-22-20-16-10-14-9-15(12-16)13-17(20)11-14;1-4-18(2,3)15-7-9-16(10-8-15)23(20,21)22-19-17-12-13-5-6-14(17)11-13;1-4-17(2,3)14-10-12-16(13-11-14)22(19,20)21-18-15-8-6-5-7-9-15/h5-8,14-17H,4,9-13H2,1-3H3;7-10,13-14H,4-6,11-12H2,1-3H3;10-13H,4-9H2,1-3H3. The smallest absolute Gasteiger partial charge is 0.265 e. The van der Waals surface area contributed by atoms with Gasteiger partial charge >= 0.3 is 30.4 Å². The number of nitrogens with zero attached hydrogens (tertiary/aromatic N) is 3. The first kappa shape index (κ1) is 54.7. The van der Waals surface area contributed by atoms with E-state index in [-0.39, 0.29) is 30.9 Å². The van der Waals surface area contributed by atoms with Crippen LogP contribution in [0.4, 0.5) is 0 Å². The van der Waals surface area contributed by atoms with Crippen LogP contribution in [0.2, 0.25) is 0 Å². The minimum absolute atomic E-state index is 0.0315. The summed E-state index contributed by atoms with van der Waals surface area (Å²) in [5.74, 6) is 3.64. The molecule has 0 aromatic heterocycles. The van der Waals surface area contributed by atoms with Crippen molar-refractivity contribution in [3.05, 3.63) is 89.5 Å². The SMILES string of the molecule is CCC(C)(C)c1ccc(S(=O)(=O)ON=C2C3CC4CC(C3)CC2C4)cc1.CCC(C)(C)c1ccc(S(=O)(=O)ON=C2CC3CCC2C3)cc1.CCC(C)(C)c1ccc(S(=O)(=O)ON=C2CCCCC2)cc1.